The summed E-state index contributed by atoms with van der Waals surface area (Å²) in [6.45, 7) is -0.275. The quantitative estimate of drug-likeness (QED) is 0.698. The molecule has 1 unspecified atom stereocenters. The smallest absolute Gasteiger partial charge is 0.240 e. The molecule has 112 valence electrons. The van der Waals surface area contributed by atoms with Gasteiger partial charge < -0.3 is 10.8 Å². The maximum Gasteiger partial charge on any atom is 0.240 e. The van der Waals surface area contributed by atoms with Crippen molar-refractivity contribution in [3.05, 3.63) is 60.2 Å². The molecular formula is C15H18N2O3S. The van der Waals surface area contributed by atoms with Crippen LogP contribution in [0.4, 0.5) is 5.69 Å². The summed E-state index contributed by atoms with van der Waals surface area (Å²) in [6, 6.07) is 14.8. The number of hydrogen-bond acceptors (Lipinski definition) is 4. The number of nitrogens with two attached hydrogens (primary N) is 1. The lowest BCUT2D eigenvalue weighted by Gasteiger charge is -2.16. The topological polar surface area (TPSA) is 92.4 Å². The van der Waals surface area contributed by atoms with Crippen LogP contribution in [0, 0.1) is 0 Å². The molecule has 0 spiro atoms. The predicted octanol–water partition coefficient (Wildman–Crippen LogP) is 1.15. The molecule has 4 N–H and O–H groups in total. The molecule has 0 aliphatic rings. The molecule has 0 fully saturated rings. The molecule has 0 radical (unpaired) electrons. The average Bonchev–Trinajstić information content (AvgIpc) is 2.48. The van der Waals surface area contributed by atoms with Crippen molar-refractivity contribution >= 4 is 15.7 Å². The van der Waals surface area contributed by atoms with E-state index >= 15 is 0 Å². The van der Waals surface area contributed by atoms with Crippen LogP contribution in [0.5, 0.6) is 0 Å². The third-order valence-corrected chi connectivity index (χ3v) is 4.59. The normalized spacial score (nSPS) is 13.0. The summed E-state index contributed by atoms with van der Waals surface area (Å²) < 4.78 is 27.0. The van der Waals surface area contributed by atoms with Gasteiger partial charge >= 0.3 is 0 Å². The van der Waals surface area contributed by atoms with Crippen LogP contribution in [-0.2, 0) is 16.4 Å². The summed E-state index contributed by atoms with van der Waals surface area (Å²) in [7, 11) is -3.67. The zero-order chi connectivity index (χ0) is 15.3. The molecule has 21 heavy (non-hydrogen) atoms. The first-order chi connectivity index (χ1) is 10.0. The average molecular weight is 306 g/mol. The van der Waals surface area contributed by atoms with Gasteiger partial charge in [-0.1, -0.05) is 30.3 Å². The van der Waals surface area contributed by atoms with Crippen molar-refractivity contribution < 1.29 is 13.5 Å². The van der Waals surface area contributed by atoms with Gasteiger partial charge in [-0.2, -0.15) is 0 Å². The number of hydrogen-bond donors (Lipinski definition) is 3. The Hall–Kier alpha value is -1.89. The first kappa shape index (κ1) is 15.5. The fourth-order valence-corrected chi connectivity index (χ4v) is 3.20. The Morgan fingerprint density at radius 2 is 1.67 bits per heavy atom. The Morgan fingerprint density at radius 3 is 2.24 bits per heavy atom. The number of rotatable bonds is 6. The lowest BCUT2D eigenvalue weighted by Crippen LogP contribution is -2.39. The van der Waals surface area contributed by atoms with Gasteiger partial charge in [0.05, 0.1) is 11.5 Å². The number of nitrogen functional groups attached to an aromatic ring is 1. The Bertz CT molecular complexity index is 670. The zero-order valence-corrected chi connectivity index (χ0v) is 12.3. The largest absolute Gasteiger partial charge is 0.399 e. The first-order valence-electron chi connectivity index (χ1n) is 6.54. The number of aliphatic hydroxyl groups excluding tert-OH is 1. The van der Waals surface area contributed by atoms with E-state index in [-0.39, 0.29) is 11.5 Å². The minimum absolute atomic E-state index is 0.128. The summed E-state index contributed by atoms with van der Waals surface area (Å²) in [5.74, 6) is 0. The van der Waals surface area contributed by atoms with Crippen LogP contribution in [0.3, 0.4) is 0 Å². The van der Waals surface area contributed by atoms with E-state index in [9.17, 15) is 13.5 Å². The second-order valence-corrected chi connectivity index (χ2v) is 6.47. The molecule has 0 saturated heterocycles. The highest BCUT2D eigenvalue weighted by molar-refractivity contribution is 7.89. The summed E-state index contributed by atoms with van der Waals surface area (Å²) in [5.41, 5.74) is 7.00. The third kappa shape index (κ3) is 4.29. The van der Waals surface area contributed by atoms with Crippen molar-refractivity contribution in [1.82, 2.24) is 4.72 Å². The van der Waals surface area contributed by atoms with Gasteiger partial charge in [0.1, 0.15) is 0 Å². The van der Waals surface area contributed by atoms with Crippen molar-refractivity contribution in [3.63, 3.8) is 0 Å². The van der Waals surface area contributed by atoms with Crippen molar-refractivity contribution in [3.8, 4) is 0 Å². The Kier molecular flexibility index (Phi) is 4.95. The van der Waals surface area contributed by atoms with Gasteiger partial charge in [0.2, 0.25) is 10.0 Å². The highest BCUT2D eigenvalue weighted by Gasteiger charge is 2.19. The van der Waals surface area contributed by atoms with E-state index in [1.54, 1.807) is 0 Å². The third-order valence-electron chi connectivity index (χ3n) is 3.06. The van der Waals surface area contributed by atoms with Gasteiger partial charge in [0.15, 0.2) is 0 Å². The van der Waals surface area contributed by atoms with Crippen LogP contribution in [0.15, 0.2) is 59.5 Å². The van der Waals surface area contributed by atoms with Crippen molar-refractivity contribution in [2.45, 2.75) is 17.4 Å². The maximum atomic E-state index is 12.2. The molecule has 1 atom stereocenters. The number of sulfonamides is 1. The van der Waals surface area contributed by atoms with Crippen molar-refractivity contribution in [2.24, 2.45) is 0 Å². The fourth-order valence-electron chi connectivity index (χ4n) is 1.98. The van der Waals surface area contributed by atoms with Crippen LogP contribution in [0.25, 0.3) is 0 Å². The number of benzene rings is 2. The van der Waals surface area contributed by atoms with Crippen LogP contribution in [-0.4, -0.2) is 26.2 Å². The van der Waals surface area contributed by atoms with Crippen LogP contribution in [0.1, 0.15) is 5.56 Å². The highest BCUT2D eigenvalue weighted by Crippen LogP contribution is 2.13. The minimum Gasteiger partial charge on any atom is -0.399 e. The summed E-state index contributed by atoms with van der Waals surface area (Å²) >= 11 is 0. The van der Waals surface area contributed by atoms with Gasteiger partial charge in [-0.25, -0.2) is 13.1 Å². The molecule has 0 heterocycles. The molecule has 0 saturated carbocycles. The van der Waals surface area contributed by atoms with Crippen LogP contribution >= 0.6 is 0 Å². The van der Waals surface area contributed by atoms with Gasteiger partial charge in [-0.3, -0.25) is 0 Å². The fraction of sp³-hybridized carbons (Fsp3) is 0.200. The standard InChI is InChI=1S/C15H18N2O3S/c16-13-6-8-15(9-7-13)21(19,20)17-14(11-18)10-12-4-2-1-3-5-12/h1-9,14,17-18H,10-11,16H2. The van der Waals surface area contributed by atoms with E-state index in [0.717, 1.165) is 5.56 Å². The van der Waals surface area contributed by atoms with Gasteiger partial charge in [0.25, 0.3) is 0 Å². The summed E-state index contributed by atoms with van der Waals surface area (Å²) in [5, 5.41) is 9.39. The molecule has 5 nitrogen and oxygen atoms in total. The SMILES string of the molecule is Nc1ccc(S(=O)(=O)NC(CO)Cc2ccccc2)cc1. The molecule has 6 heteroatoms. The monoisotopic (exact) mass is 306 g/mol. The number of nitrogens with one attached hydrogen (secondary N) is 1. The Morgan fingerprint density at radius 1 is 1.05 bits per heavy atom. The minimum atomic E-state index is -3.67. The van der Waals surface area contributed by atoms with Crippen molar-refractivity contribution in [2.75, 3.05) is 12.3 Å². The van der Waals surface area contributed by atoms with Crippen LogP contribution < -0.4 is 10.5 Å². The van der Waals surface area contributed by atoms with E-state index < -0.39 is 16.1 Å². The van der Waals surface area contributed by atoms with Gasteiger partial charge in [-0.05, 0) is 36.2 Å². The van der Waals surface area contributed by atoms with Crippen molar-refractivity contribution in [1.29, 1.82) is 0 Å². The van der Waals surface area contributed by atoms with Gasteiger partial charge in [-0.15, -0.1) is 0 Å². The molecule has 2 aromatic rings. The van der Waals surface area contributed by atoms with E-state index in [1.165, 1.54) is 24.3 Å². The summed E-state index contributed by atoms with van der Waals surface area (Å²) in [4.78, 5) is 0.128. The molecule has 0 aliphatic heterocycles. The van der Waals surface area contributed by atoms with E-state index in [0.29, 0.717) is 12.1 Å². The lowest BCUT2D eigenvalue weighted by molar-refractivity contribution is 0.256. The second-order valence-electron chi connectivity index (χ2n) is 4.76. The molecule has 2 aromatic carbocycles. The van der Waals surface area contributed by atoms with E-state index in [2.05, 4.69) is 4.72 Å². The Labute approximate surface area is 124 Å². The predicted molar refractivity (Wildman–Crippen MR) is 82.2 cm³/mol. The lowest BCUT2D eigenvalue weighted by atomic mass is 10.1. The maximum absolute atomic E-state index is 12.2. The highest BCUT2D eigenvalue weighted by atomic mass is 32.2. The molecular weight excluding hydrogens is 288 g/mol. The Balaban J connectivity index is 2.12. The van der Waals surface area contributed by atoms with Crippen LogP contribution in [0.2, 0.25) is 0 Å². The molecule has 2 rings (SSSR count). The zero-order valence-electron chi connectivity index (χ0n) is 11.4. The number of anilines is 1. The molecule has 0 aliphatic carbocycles. The van der Waals surface area contributed by atoms with Gasteiger partial charge in [0, 0.05) is 11.7 Å². The van der Waals surface area contributed by atoms with E-state index in [4.69, 9.17) is 5.73 Å². The van der Waals surface area contributed by atoms with E-state index in [1.807, 2.05) is 30.3 Å². The molecule has 0 bridgehead atoms. The second kappa shape index (κ2) is 6.71. The first-order valence-corrected chi connectivity index (χ1v) is 8.02. The summed E-state index contributed by atoms with van der Waals surface area (Å²) in [6.07, 6.45) is 0.422. The molecule has 0 aromatic heterocycles. The number of aliphatic hydroxyl groups is 1. The molecule has 0 amide bonds.